The van der Waals surface area contributed by atoms with E-state index in [-0.39, 0.29) is 0 Å². The molecule has 0 heterocycles. The number of carbonyl (C=O) groups is 1. The van der Waals surface area contributed by atoms with Gasteiger partial charge >= 0.3 is 5.97 Å². The fraction of sp³-hybridized carbons (Fsp3) is 0.308. The molecule has 0 aliphatic rings. The lowest BCUT2D eigenvalue weighted by Gasteiger charge is -2.10. The Labute approximate surface area is 109 Å². The maximum Gasteiger partial charge on any atom is 0.328 e. The molecular formula is C13H15BrO3. The molecule has 0 aliphatic carbocycles. The Hall–Kier alpha value is -1.29. The minimum absolute atomic E-state index is 0.466. The van der Waals surface area contributed by atoms with Crippen LogP contribution in [0.15, 0.2) is 28.7 Å². The largest absolute Gasteiger partial charge is 0.492 e. The van der Waals surface area contributed by atoms with Crippen LogP contribution < -0.4 is 4.74 Å². The van der Waals surface area contributed by atoms with Gasteiger partial charge in [-0.25, -0.2) is 4.79 Å². The van der Waals surface area contributed by atoms with E-state index in [0.29, 0.717) is 12.5 Å². The molecule has 4 heteroatoms. The number of halogens is 1. The molecule has 0 amide bonds. The molecule has 1 rings (SSSR count). The predicted octanol–water partition coefficient (Wildman–Crippen LogP) is 3.58. The summed E-state index contributed by atoms with van der Waals surface area (Å²) in [7, 11) is 0. The van der Waals surface area contributed by atoms with Gasteiger partial charge in [-0.15, -0.1) is 0 Å². The highest BCUT2D eigenvalue weighted by Gasteiger charge is 2.03. The molecule has 1 aromatic rings. The average molecular weight is 299 g/mol. The normalized spacial score (nSPS) is 11.1. The van der Waals surface area contributed by atoms with Crippen LogP contribution in [-0.4, -0.2) is 17.7 Å². The first-order valence-electron chi connectivity index (χ1n) is 5.32. The van der Waals surface area contributed by atoms with Gasteiger partial charge < -0.3 is 9.84 Å². The summed E-state index contributed by atoms with van der Waals surface area (Å²) in [5.41, 5.74) is 0.816. The lowest BCUT2D eigenvalue weighted by atomic mass is 10.2. The van der Waals surface area contributed by atoms with Crippen molar-refractivity contribution in [1.29, 1.82) is 0 Å². The Bertz CT molecular complexity index is 425. The molecule has 0 saturated heterocycles. The number of hydrogen-bond acceptors (Lipinski definition) is 2. The zero-order valence-corrected chi connectivity index (χ0v) is 11.4. The zero-order chi connectivity index (χ0) is 12.8. The second-order valence-electron chi connectivity index (χ2n) is 4.07. The minimum Gasteiger partial charge on any atom is -0.492 e. The lowest BCUT2D eigenvalue weighted by Crippen LogP contribution is -2.04. The summed E-state index contributed by atoms with van der Waals surface area (Å²) in [5, 5.41) is 8.52. The fourth-order valence-electron chi connectivity index (χ4n) is 1.16. The molecule has 3 nitrogen and oxygen atoms in total. The van der Waals surface area contributed by atoms with Crippen molar-refractivity contribution in [2.75, 3.05) is 6.61 Å². The topological polar surface area (TPSA) is 46.5 Å². The van der Waals surface area contributed by atoms with Crippen molar-refractivity contribution in [3.8, 4) is 5.75 Å². The number of aliphatic carboxylic acids is 1. The van der Waals surface area contributed by atoms with Crippen molar-refractivity contribution in [3.05, 3.63) is 34.3 Å². The number of rotatable bonds is 5. The van der Waals surface area contributed by atoms with Gasteiger partial charge in [0.25, 0.3) is 0 Å². The van der Waals surface area contributed by atoms with Crippen LogP contribution in [0.2, 0.25) is 0 Å². The van der Waals surface area contributed by atoms with Gasteiger partial charge in [-0.1, -0.05) is 19.9 Å². The summed E-state index contributed by atoms with van der Waals surface area (Å²) >= 11 is 3.40. The Morgan fingerprint density at radius 1 is 1.53 bits per heavy atom. The third-order valence-electron chi connectivity index (χ3n) is 1.95. The highest BCUT2D eigenvalue weighted by Crippen LogP contribution is 2.26. The van der Waals surface area contributed by atoms with E-state index in [1.807, 2.05) is 18.2 Å². The second-order valence-corrected chi connectivity index (χ2v) is 4.92. The highest BCUT2D eigenvalue weighted by atomic mass is 79.9. The van der Waals surface area contributed by atoms with Crippen molar-refractivity contribution in [3.63, 3.8) is 0 Å². The fourth-order valence-corrected chi connectivity index (χ4v) is 1.67. The summed E-state index contributed by atoms with van der Waals surface area (Å²) < 4.78 is 6.42. The quantitative estimate of drug-likeness (QED) is 0.845. The molecule has 0 aliphatic heterocycles. The van der Waals surface area contributed by atoms with Crippen LogP contribution in [0.3, 0.4) is 0 Å². The maximum absolute atomic E-state index is 10.4. The molecule has 1 N–H and O–H groups in total. The Kier molecular flexibility index (Phi) is 5.22. The SMILES string of the molecule is CC(C)COc1ccc(C=CC(=O)O)cc1Br. The molecular weight excluding hydrogens is 284 g/mol. The van der Waals surface area contributed by atoms with E-state index in [1.165, 1.54) is 0 Å². The number of hydrogen-bond donors (Lipinski definition) is 1. The van der Waals surface area contributed by atoms with E-state index < -0.39 is 5.97 Å². The molecule has 0 aromatic heterocycles. The van der Waals surface area contributed by atoms with Crippen molar-refractivity contribution in [2.45, 2.75) is 13.8 Å². The molecule has 0 unspecified atom stereocenters. The minimum atomic E-state index is -0.957. The van der Waals surface area contributed by atoms with Crippen LogP contribution in [0, 0.1) is 5.92 Å². The van der Waals surface area contributed by atoms with Crippen LogP contribution >= 0.6 is 15.9 Å². The number of carboxylic acid groups (broad SMARTS) is 1. The second kappa shape index (κ2) is 6.45. The smallest absolute Gasteiger partial charge is 0.328 e. The van der Waals surface area contributed by atoms with Gasteiger partial charge in [-0.2, -0.15) is 0 Å². The van der Waals surface area contributed by atoms with Crippen LogP contribution in [-0.2, 0) is 4.79 Å². The van der Waals surface area contributed by atoms with E-state index in [1.54, 1.807) is 6.08 Å². The number of carboxylic acids is 1. The van der Waals surface area contributed by atoms with E-state index in [4.69, 9.17) is 9.84 Å². The lowest BCUT2D eigenvalue weighted by molar-refractivity contribution is -0.131. The maximum atomic E-state index is 10.4. The molecule has 17 heavy (non-hydrogen) atoms. The van der Waals surface area contributed by atoms with E-state index >= 15 is 0 Å². The number of ether oxygens (including phenoxy) is 1. The third kappa shape index (κ3) is 5.04. The Morgan fingerprint density at radius 2 is 2.24 bits per heavy atom. The standard InChI is InChI=1S/C13H15BrO3/c1-9(2)8-17-12-5-3-10(7-11(12)14)4-6-13(15)16/h3-7,9H,8H2,1-2H3,(H,15,16). The molecule has 0 atom stereocenters. The van der Waals surface area contributed by atoms with Crippen molar-refractivity contribution < 1.29 is 14.6 Å². The molecule has 0 spiro atoms. The average Bonchev–Trinajstić information content (AvgIpc) is 2.24. The summed E-state index contributed by atoms with van der Waals surface area (Å²) in [6, 6.07) is 5.48. The molecule has 92 valence electrons. The van der Waals surface area contributed by atoms with Crippen LogP contribution in [0.1, 0.15) is 19.4 Å². The first-order valence-corrected chi connectivity index (χ1v) is 6.11. The van der Waals surface area contributed by atoms with Gasteiger partial charge in [0.05, 0.1) is 11.1 Å². The van der Waals surface area contributed by atoms with Gasteiger partial charge in [0.1, 0.15) is 5.75 Å². The summed E-state index contributed by atoms with van der Waals surface area (Å²) in [6.07, 6.45) is 2.65. The van der Waals surface area contributed by atoms with E-state index in [0.717, 1.165) is 21.9 Å². The molecule has 1 aromatic carbocycles. The van der Waals surface area contributed by atoms with Crippen molar-refractivity contribution >= 4 is 28.0 Å². The molecule has 0 radical (unpaired) electrons. The van der Waals surface area contributed by atoms with Gasteiger partial charge in [-0.05, 0) is 45.6 Å². The van der Waals surface area contributed by atoms with Crippen LogP contribution in [0.4, 0.5) is 0 Å². The first kappa shape index (κ1) is 13.8. The monoisotopic (exact) mass is 298 g/mol. The van der Waals surface area contributed by atoms with Gasteiger partial charge in [0, 0.05) is 6.08 Å². The van der Waals surface area contributed by atoms with Crippen molar-refractivity contribution in [1.82, 2.24) is 0 Å². The van der Waals surface area contributed by atoms with Crippen LogP contribution in [0.25, 0.3) is 6.08 Å². The molecule has 0 saturated carbocycles. The van der Waals surface area contributed by atoms with Crippen LogP contribution in [0.5, 0.6) is 5.75 Å². The Balaban J connectivity index is 2.75. The summed E-state index contributed by atoms with van der Waals surface area (Å²) in [6.45, 7) is 4.82. The number of benzene rings is 1. The summed E-state index contributed by atoms with van der Waals surface area (Å²) in [4.78, 5) is 10.4. The predicted molar refractivity (Wildman–Crippen MR) is 71.1 cm³/mol. The molecule has 0 bridgehead atoms. The zero-order valence-electron chi connectivity index (χ0n) is 9.81. The third-order valence-corrected chi connectivity index (χ3v) is 2.57. The molecule has 0 fully saturated rings. The Morgan fingerprint density at radius 3 is 2.76 bits per heavy atom. The van der Waals surface area contributed by atoms with Gasteiger partial charge in [0.15, 0.2) is 0 Å². The van der Waals surface area contributed by atoms with Gasteiger partial charge in [-0.3, -0.25) is 0 Å². The van der Waals surface area contributed by atoms with E-state index in [2.05, 4.69) is 29.8 Å². The van der Waals surface area contributed by atoms with Crippen molar-refractivity contribution in [2.24, 2.45) is 5.92 Å². The van der Waals surface area contributed by atoms with Gasteiger partial charge in [0.2, 0.25) is 0 Å². The summed E-state index contributed by atoms with van der Waals surface area (Å²) in [5.74, 6) is 0.279. The van der Waals surface area contributed by atoms with E-state index in [9.17, 15) is 4.79 Å². The first-order chi connectivity index (χ1) is 7.99. The highest BCUT2D eigenvalue weighted by molar-refractivity contribution is 9.10.